The molecule has 1 aromatic rings. The van der Waals surface area contributed by atoms with Gasteiger partial charge in [-0.25, -0.2) is 4.39 Å². The van der Waals surface area contributed by atoms with E-state index in [1.54, 1.807) is 6.07 Å². The maximum absolute atomic E-state index is 13.6. The fraction of sp³-hybridized carbons (Fsp3) is 0.500. The van der Waals surface area contributed by atoms with Crippen LogP contribution in [-0.4, -0.2) is 54.2 Å². The molecule has 1 aliphatic heterocycles. The lowest BCUT2D eigenvalue weighted by Crippen LogP contribution is -2.49. The highest BCUT2D eigenvalue weighted by molar-refractivity contribution is 5.38. The van der Waals surface area contributed by atoms with E-state index in [-0.39, 0.29) is 12.4 Å². The van der Waals surface area contributed by atoms with Crippen molar-refractivity contribution in [3.63, 3.8) is 0 Å². The topological polar surface area (TPSA) is 26.7 Å². The van der Waals surface area contributed by atoms with Crippen LogP contribution in [0, 0.1) is 17.7 Å². The summed E-state index contributed by atoms with van der Waals surface area (Å²) in [5.74, 6) is 4.82. The molecule has 0 saturated carbocycles. The van der Waals surface area contributed by atoms with E-state index < -0.39 is 0 Å². The summed E-state index contributed by atoms with van der Waals surface area (Å²) in [6, 6.07) is 5.54. The Morgan fingerprint density at radius 1 is 1.40 bits per heavy atom. The monoisotopic (exact) mass is 276 g/mol. The molecule has 0 aliphatic carbocycles. The lowest BCUT2D eigenvalue weighted by Gasteiger charge is -2.38. The summed E-state index contributed by atoms with van der Waals surface area (Å²) in [7, 11) is 2.13. The quantitative estimate of drug-likeness (QED) is 0.825. The average Bonchev–Trinajstić information content (AvgIpc) is 2.42. The summed E-state index contributed by atoms with van der Waals surface area (Å²) < 4.78 is 13.6. The molecule has 0 bridgehead atoms. The fourth-order valence-corrected chi connectivity index (χ4v) is 2.55. The van der Waals surface area contributed by atoms with Gasteiger partial charge in [-0.1, -0.05) is 17.9 Å². The Hall–Kier alpha value is -1.41. The van der Waals surface area contributed by atoms with Gasteiger partial charge in [-0.15, -0.1) is 0 Å². The van der Waals surface area contributed by atoms with Crippen LogP contribution < -0.4 is 0 Å². The van der Waals surface area contributed by atoms with Crippen molar-refractivity contribution < 1.29 is 9.50 Å². The third kappa shape index (κ3) is 3.80. The molecule has 1 heterocycles. The molecule has 3 nitrogen and oxygen atoms in total. The normalized spacial score (nSPS) is 20.5. The second-order valence-electron chi connectivity index (χ2n) is 5.36. The first-order valence-electron chi connectivity index (χ1n) is 6.91. The number of aliphatic hydroxyl groups is 1. The maximum Gasteiger partial charge on any atom is 0.138 e. The molecule has 1 N–H and O–H groups in total. The van der Waals surface area contributed by atoms with Crippen molar-refractivity contribution in [2.45, 2.75) is 19.5 Å². The minimum Gasteiger partial charge on any atom is -0.384 e. The Labute approximate surface area is 120 Å². The molecule has 0 aromatic heterocycles. The Balaban J connectivity index is 2.09. The van der Waals surface area contributed by atoms with Crippen LogP contribution in [0.15, 0.2) is 18.2 Å². The highest BCUT2D eigenvalue weighted by atomic mass is 19.1. The van der Waals surface area contributed by atoms with Crippen LogP contribution in [0.5, 0.6) is 0 Å². The molecular formula is C16H21FN2O. The van der Waals surface area contributed by atoms with E-state index >= 15 is 0 Å². The third-order valence-electron chi connectivity index (χ3n) is 3.69. The predicted molar refractivity (Wildman–Crippen MR) is 77.7 cm³/mol. The van der Waals surface area contributed by atoms with E-state index in [4.69, 9.17) is 5.11 Å². The van der Waals surface area contributed by atoms with Crippen LogP contribution >= 0.6 is 0 Å². The van der Waals surface area contributed by atoms with Gasteiger partial charge in [0.2, 0.25) is 0 Å². The van der Waals surface area contributed by atoms with Crippen molar-refractivity contribution in [2.75, 3.05) is 33.3 Å². The zero-order valence-electron chi connectivity index (χ0n) is 12.1. The molecule has 0 spiro atoms. The van der Waals surface area contributed by atoms with Crippen LogP contribution in [0.4, 0.5) is 4.39 Å². The molecule has 1 fully saturated rings. The summed E-state index contributed by atoms with van der Waals surface area (Å²) >= 11 is 0. The number of hydrogen-bond acceptors (Lipinski definition) is 3. The minimum atomic E-state index is -0.332. The fourth-order valence-electron chi connectivity index (χ4n) is 2.55. The minimum absolute atomic E-state index is 0.251. The van der Waals surface area contributed by atoms with Crippen LogP contribution in [0.3, 0.4) is 0 Å². The van der Waals surface area contributed by atoms with Crippen molar-refractivity contribution in [1.82, 2.24) is 9.80 Å². The molecule has 2 rings (SSSR count). The molecule has 0 amide bonds. The van der Waals surface area contributed by atoms with E-state index in [0.29, 0.717) is 11.6 Å². The summed E-state index contributed by atoms with van der Waals surface area (Å²) in [6.07, 6.45) is 0. The van der Waals surface area contributed by atoms with Gasteiger partial charge >= 0.3 is 0 Å². The zero-order chi connectivity index (χ0) is 14.5. The lowest BCUT2D eigenvalue weighted by molar-refractivity contribution is 0.0938. The van der Waals surface area contributed by atoms with Gasteiger partial charge < -0.3 is 10.0 Å². The second-order valence-corrected chi connectivity index (χ2v) is 5.36. The highest BCUT2D eigenvalue weighted by Crippen LogP contribution is 2.15. The summed E-state index contributed by atoms with van der Waals surface area (Å²) in [4.78, 5) is 4.72. The first-order valence-corrected chi connectivity index (χ1v) is 6.91. The first kappa shape index (κ1) is 15.0. The molecule has 4 heteroatoms. The number of nitrogens with zero attached hydrogens (tertiary/aromatic N) is 2. The standard InChI is InChI=1S/C16H21FN2O/c1-13-11-18(2)7-8-19(13)12-14-5-6-16(17)15(10-14)4-3-9-20/h5-6,10,13,20H,7-9,11-12H2,1-2H3. The number of halogens is 1. The molecule has 108 valence electrons. The number of likely N-dealkylation sites (N-methyl/N-ethyl adjacent to an activating group) is 1. The van der Waals surface area contributed by atoms with Crippen molar-refractivity contribution in [2.24, 2.45) is 0 Å². The Morgan fingerprint density at radius 2 is 2.20 bits per heavy atom. The number of benzene rings is 1. The van der Waals surface area contributed by atoms with Gasteiger partial charge in [-0.3, -0.25) is 4.90 Å². The number of piperazine rings is 1. The third-order valence-corrected chi connectivity index (χ3v) is 3.69. The van der Waals surface area contributed by atoms with Crippen molar-refractivity contribution in [1.29, 1.82) is 0 Å². The Morgan fingerprint density at radius 3 is 2.90 bits per heavy atom. The van der Waals surface area contributed by atoms with Crippen LogP contribution in [0.1, 0.15) is 18.1 Å². The van der Waals surface area contributed by atoms with Crippen LogP contribution in [-0.2, 0) is 6.54 Å². The molecular weight excluding hydrogens is 255 g/mol. The summed E-state index contributed by atoms with van der Waals surface area (Å²) in [5, 5.41) is 8.70. The second kappa shape index (κ2) is 6.85. The molecule has 1 atom stereocenters. The maximum atomic E-state index is 13.6. The van der Waals surface area contributed by atoms with E-state index in [1.165, 1.54) is 6.07 Å². The Kier molecular flexibility index (Phi) is 5.13. The number of rotatable bonds is 2. The van der Waals surface area contributed by atoms with Crippen LogP contribution in [0.25, 0.3) is 0 Å². The van der Waals surface area contributed by atoms with Gasteiger partial charge in [-0.05, 0) is 31.7 Å². The van der Waals surface area contributed by atoms with Gasteiger partial charge in [0.1, 0.15) is 12.4 Å². The van der Waals surface area contributed by atoms with Gasteiger partial charge in [0.15, 0.2) is 0 Å². The number of hydrogen-bond donors (Lipinski definition) is 1. The summed E-state index contributed by atoms with van der Waals surface area (Å²) in [5.41, 5.74) is 1.42. The largest absolute Gasteiger partial charge is 0.384 e. The smallest absolute Gasteiger partial charge is 0.138 e. The van der Waals surface area contributed by atoms with Gasteiger partial charge in [-0.2, -0.15) is 0 Å². The first-order chi connectivity index (χ1) is 9.60. The molecule has 20 heavy (non-hydrogen) atoms. The van der Waals surface area contributed by atoms with E-state index in [0.717, 1.165) is 31.7 Å². The summed E-state index contributed by atoms with van der Waals surface area (Å²) in [6.45, 7) is 5.90. The zero-order valence-corrected chi connectivity index (χ0v) is 12.1. The molecule has 1 aliphatic rings. The van der Waals surface area contributed by atoms with Crippen molar-refractivity contribution in [3.05, 3.63) is 35.1 Å². The molecule has 1 saturated heterocycles. The average molecular weight is 276 g/mol. The molecule has 1 aromatic carbocycles. The van der Waals surface area contributed by atoms with Crippen molar-refractivity contribution >= 4 is 0 Å². The predicted octanol–water partition coefficient (Wildman–Crippen LogP) is 1.31. The highest BCUT2D eigenvalue weighted by Gasteiger charge is 2.21. The Bertz CT molecular complexity index is 521. The lowest BCUT2D eigenvalue weighted by atomic mass is 10.1. The van der Waals surface area contributed by atoms with Gasteiger partial charge in [0.05, 0.1) is 5.56 Å². The molecule has 0 radical (unpaired) electrons. The SMILES string of the molecule is CC1CN(C)CCN1Cc1ccc(F)c(C#CCO)c1. The van der Waals surface area contributed by atoms with Crippen molar-refractivity contribution in [3.8, 4) is 11.8 Å². The van der Waals surface area contributed by atoms with E-state index in [9.17, 15) is 4.39 Å². The number of aliphatic hydroxyl groups excluding tert-OH is 1. The van der Waals surface area contributed by atoms with Gasteiger partial charge in [0.25, 0.3) is 0 Å². The van der Waals surface area contributed by atoms with Gasteiger partial charge in [0, 0.05) is 32.2 Å². The molecule has 1 unspecified atom stereocenters. The van der Waals surface area contributed by atoms with Crippen LogP contribution in [0.2, 0.25) is 0 Å². The van der Waals surface area contributed by atoms with E-state index in [1.807, 2.05) is 6.07 Å². The van der Waals surface area contributed by atoms with E-state index in [2.05, 4.69) is 35.6 Å².